The molecule has 1 aromatic heterocycles. The van der Waals surface area contributed by atoms with Gasteiger partial charge in [-0.3, -0.25) is 20.4 Å². The molecule has 3 rings (SSSR count). The second-order valence-electron chi connectivity index (χ2n) is 8.94. The van der Waals surface area contributed by atoms with Crippen molar-refractivity contribution in [3.05, 3.63) is 59.7 Å². The molecule has 0 aliphatic carbocycles. The standard InChI is InChI=1S/C25H31N5O4S/c1-25(2,3)18-12-10-17(11-13-18)22-27-29-24(30(22)14-7-15-34-4)35-16-21(32)26-28-23(33)19-8-5-6-9-20(19)31/h5-6,8-13,31H,7,14-16H2,1-4H3,(H,26,32)(H,28,33). The monoisotopic (exact) mass is 497 g/mol. The number of aromatic hydroxyl groups is 1. The highest BCUT2D eigenvalue weighted by Crippen LogP contribution is 2.28. The second-order valence-corrected chi connectivity index (χ2v) is 9.88. The molecule has 0 saturated carbocycles. The van der Waals surface area contributed by atoms with Crippen molar-refractivity contribution in [2.45, 2.75) is 44.3 Å². The summed E-state index contributed by atoms with van der Waals surface area (Å²) in [5.41, 5.74) is 6.95. The van der Waals surface area contributed by atoms with Crippen LogP contribution in [-0.4, -0.2) is 51.2 Å². The van der Waals surface area contributed by atoms with E-state index in [1.165, 1.54) is 29.5 Å². The number of phenolic OH excluding ortho intramolecular Hbond substituents is 1. The van der Waals surface area contributed by atoms with E-state index in [-0.39, 0.29) is 22.5 Å². The molecule has 1 heterocycles. The van der Waals surface area contributed by atoms with Gasteiger partial charge in [0, 0.05) is 25.8 Å². The number of methoxy groups -OCH3 is 1. The zero-order valence-electron chi connectivity index (χ0n) is 20.4. The molecule has 9 nitrogen and oxygen atoms in total. The number of aromatic nitrogens is 3. The first-order valence-corrected chi connectivity index (χ1v) is 12.2. The number of nitrogens with one attached hydrogen (secondary N) is 2. The van der Waals surface area contributed by atoms with Crippen LogP contribution in [0.3, 0.4) is 0 Å². The van der Waals surface area contributed by atoms with Crippen LogP contribution in [0.5, 0.6) is 5.75 Å². The molecule has 3 aromatic rings. The maximum atomic E-state index is 12.3. The van der Waals surface area contributed by atoms with E-state index in [0.29, 0.717) is 18.3 Å². The minimum Gasteiger partial charge on any atom is -0.507 e. The third-order valence-electron chi connectivity index (χ3n) is 5.25. The number of hydrazine groups is 1. The number of rotatable bonds is 9. The number of benzene rings is 2. The van der Waals surface area contributed by atoms with E-state index < -0.39 is 11.8 Å². The van der Waals surface area contributed by atoms with E-state index in [4.69, 9.17) is 4.74 Å². The zero-order chi connectivity index (χ0) is 25.4. The molecule has 0 bridgehead atoms. The molecule has 0 aliphatic heterocycles. The van der Waals surface area contributed by atoms with Gasteiger partial charge >= 0.3 is 0 Å². The molecule has 3 N–H and O–H groups in total. The molecule has 0 saturated heterocycles. The summed E-state index contributed by atoms with van der Waals surface area (Å²) in [5.74, 6) is -0.448. The van der Waals surface area contributed by atoms with Crippen LogP contribution in [0.25, 0.3) is 11.4 Å². The summed E-state index contributed by atoms with van der Waals surface area (Å²) in [6.07, 6.45) is 0.762. The average Bonchev–Trinajstić information content (AvgIpc) is 3.24. The summed E-state index contributed by atoms with van der Waals surface area (Å²) in [6.45, 7) is 7.72. The maximum absolute atomic E-state index is 12.3. The minimum atomic E-state index is -0.606. The summed E-state index contributed by atoms with van der Waals surface area (Å²) in [5, 5.41) is 19.0. The third kappa shape index (κ3) is 7.06. The molecular formula is C25H31N5O4S. The Kier molecular flexibility index (Phi) is 8.89. The summed E-state index contributed by atoms with van der Waals surface area (Å²) in [4.78, 5) is 24.5. The fourth-order valence-corrected chi connectivity index (χ4v) is 4.09. The van der Waals surface area contributed by atoms with Gasteiger partial charge in [-0.2, -0.15) is 0 Å². The van der Waals surface area contributed by atoms with E-state index in [9.17, 15) is 14.7 Å². The Morgan fingerprint density at radius 2 is 1.77 bits per heavy atom. The molecule has 2 aromatic carbocycles. The van der Waals surface area contributed by atoms with E-state index in [2.05, 4.69) is 54.0 Å². The SMILES string of the molecule is COCCCn1c(SCC(=O)NNC(=O)c2ccccc2O)nnc1-c1ccc(C(C)(C)C)cc1. The quantitative estimate of drug-likeness (QED) is 0.235. The Morgan fingerprint density at radius 3 is 2.43 bits per heavy atom. The van der Waals surface area contributed by atoms with Crippen LogP contribution in [-0.2, 0) is 21.5 Å². The van der Waals surface area contributed by atoms with Crippen LogP contribution in [0.1, 0.15) is 43.1 Å². The molecule has 0 unspecified atom stereocenters. The van der Waals surface area contributed by atoms with Crippen molar-refractivity contribution in [2.24, 2.45) is 0 Å². The van der Waals surface area contributed by atoms with Crippen molar-refractivity contribution in [1.29, 1.82) is 0 Å². The highest BCUT2D eigenvalue weighted by atomic mass is 32.2. The highest BCUT2D eigenvalue weighted by Gasteiger charge is 2.18. The maximum Gasteiger partial charge on any atom is 0.273 e. The third-order valence-corrected chi connectivity index (χ3v) is 6.22. The van der Waals surface area contributed by atoms with Gasteiger partial charge in [-0.15, -0.1) is 10.2 Å². The topological polar surface area (TPSA) is 118 Å². The molecular weight excluding hydrogens is 466 g/mol. The molecule has 35 heavy (non-hydrogen) atoms. The number of hydrogen-bond donors (Lipinski definition) is 3. The number of ether oxygens (including phenoxy) is 1. The van der Waals surface area contributed by atoms with E-state index in [1.54, 1.807) is 19.2 Å². The first-order valence-electron chi connectivity index (χ1n) is 11.2. The van der Waals surface area contributed by atoms with Gasteiger partial charge in [0.1, 0.15) is 5.75 Å². The van der Waals surface area contributed by atoms with Crippen molar-refractivity contribution in [3.8, 4) is 17.1 Å². The molecule has 0 radical (unpaired) electrons. The van der Waals surface area contributed by atoms with Crippen molar-refractivity contribution in [3.63, 3.8) is 0 Å². The summed E-state index contributed by atoms with van der Waals surface area (Å²) in [7, 11) is 1.65. The lowest BCUT2D eigenvalue weighted by Crippen LogP contribution is -2.42. The van der Waals surface area contributed by atoms with Crippen LogP contribution in [0.4, 0.5) is 0 Å². The number of thioether (sulfide) groups is 1. The number of carbonyl (C=O) groups excluding carboxylic acids is 2. The summed E-state index contributed by atoms with van der Waals surface area (Å²) < 4.78 is 7.17. The Labute approximate surface area is 209 Å². The number of para-hydroxylation sites is 1. The Morgan fingerprint density at radius 1 is 1.06 bits per heavy atom. The lowest BCUT2D eigenvalue weighted by molar-refractivity contribution is -0.119. The molecule has 186 valence electrons. The van der Waals surface area contributed by atoms with E-state index >= 15 is 0 Å². The van der Waals surface area contributed by atoms with Crippen LogP contribution >= 0.6 is 11.8 Å². The lowest BCUT2D eigenvalue weighted by atomic mass is 9.87. The van der Waals surface area contributed by atoms with Crippen molar-refractivity contribution >= 4 is 23.6 Å². The zero-order valence-corrected chi connectivity index (χ0v) is 21.2. The Bertz CT molecular complexity index is 1160. The van der Waals surface area contributed by atoms with Crippen LogP contribution in [0, 0.1) is 0 Å². The first kappa shape index (κ1) is 26.2. The highest BCUT2D eigenvalue weighted by molar-refractivity contribution is 7.99. The number of hydrogen-bond acceptors (Lipinski definition) is 7. The van der Waals surface area contributed by atoms with Gasteiger partial charge in [-0.1, -0.05) is 68.9 Å². The van der Waals surface area contributed by atoms with Gasteiger partial charge in [-0.05, 0) is 29.5 Å². The number of carbonyl (C=O) groups is 2. The van der Waals surface area contributed by atoms with Gasteiger partial charge in [0.2, 0.25) is 5.91 Å². The predicted octanol–water partition coefficient (Wildman–Crippen LogP) is 3.54. The van der Waals surface area contributed by atoms with Gasteiger partial charge in [0.05, 0.1) is 11.3 Å². The first-order chi connectivity index (χ1) is 16.7. The molecule has 0 fully saturated rings. The smallest absolute Gasteiger partial charge is 0.273 e. The molecule has 10 heteroatoms. The van der Waals surface area contributed by atoms with Crippen LogP contribution in [0.2, 0.25) is 0 Å². The number of phenols is 1. The van der Waals surface area contributed by atoms with Crippen molar-refractivity contribution in [1.82, 2.24) is 25.6 Å². The normalized spacial score (nSPS) is 11.3. The molecule has 0 atom stereocenters. The lowest BCUT2D eigenvalue weighted by Gasteiger charge is -2.19. The van der Waals surface area contributed by atoms with E-state index in [0.717, 1.165) is 17.8 Å². The van der Waals surface area contributed by atoms with Gasteiger partial charge < -0.3 is 14.4 Å². The van der Waals surface area contributed by atoms with Gasteiger partial charge in [-0.25, -0.2) is 0 Å². The predicted molar refractivity (Wildman–Crippen MR) is 135 cm³/mol. The van der Waals surface area contributed by atoms with Gasteiger partial charge in [0.15, 0.2) is 11.0 Å². The summed E-state index contributed by atoms with van der Waals surface area (Å²) in [6, 6.07) is 14.4. The Hall–Kier alpha value is -3.37. The van der Waals surface area contributed by atoms with E-state index in [1.807, 2.05) is 16.7 Å². The second kappa shape index (κ2) is 11.9. The van der Waals surface area contributed by atoms with Crippen LogP contribution in [0.15, 0.2) is 53.7 Å². The number of amides is 2. The molecule has 0 spiro atoms. The molecule has 0 aliphatic rings. The average molecular weight is 498 g/mol. The van der Waals surface area contributed by atoms with Crippen LogP contribution < -0.4 is 10.9 Å². The summed E-state index contributed by atoms with van der Waals surface area (Å²) >= 11 is 1.22. The van der Waals surface area contributed by atoms with Gasteiger partial charge in [0.25, 0.3) is 5.91 Å². The fourth-order valence-electron chi connectivity index (χ4n) is 3.32. The fraction of sp³-hybridized carbons (Fsp3) is 0.360. The largest absolute Gasteiger partial charge is 0.507 e. The molecule has 2 amide bonds. The minimum absolute atomic E-state index is 0.0203. The van der Waals surface area contributed by atoms with Crippen molar-refractivity contribution < 1.29 is 19.4 Å². The van der Waals surface area contributed by atoms with Crippen molar-refractivity contribution in [2.75, 3.05) is 19.5 Å². The Balaban J connectivity index is 1.67. The number of nitrogens with zero attached hydrogens (tertiary/aromatic N) is 3.